The Kier molecular flexibility index (Phi) is 6.92. The lowest BCUT2D eigenvalue weighted by Gasteiger charge is -2.28. The maximum absolute atomic E-state index is 15.2. The third-order valence-corrected chi connectivity index (χ3v) is 6.47. The van der Waals surface area contributed by atoms with Crippen LogP contribution in [0.5, 0.6) is 5.75 Å². The van der Waals surface area contributed by atoms with Crippen LogP contribution in [0.2, 0.25) is 0 Å². The number of carbonyl (C=O) groups excluding carboxylic acids is 1. The number of imidazole rings is 1. The van der Waals surface area contributed by atoms with Gasteiger partial charge in [-0.2, -0.15) is 18.3 Å². The molecule has 0 bridgehead atoms. The fourth-order valence-corrected chi connectivity index (χ4v) is 4.70. The number of amides is 1. The summed E-state index contributed by atoms with van der Waals surface area (Å²) in [5, 5.41) is 14.3. The van der Waals surface area contributed by atoms with Crippen LogP contribution in [0.1, 0.15) is 49.4 Å². The van der Waals surface area contributed by atoms with E-state index in [0.29, 0.717) is 41.3 Å². The van der Waals surface area contributed by atoms with Gasteiger partial charge >= 0.3 is 12.3 Å². The lowest BCUT2D eigenvalue weighted by Crippen LogP contribution is -2.38. The minimum absolute atomic E-state index is 0.0352. The Balaban J connectivity index is 1.73. The summed E-state index contributed by atoms with van der Waals surface area (Å²) in [5.41, 5.74) is 0.423. The number of anilines is 1. The molecule has 0 spiro atoms. The molecule has 4 heterocycles. The Morgan fingerprint density at radius 3 is 2.63 bits per heavy atom. The van der Waals surface area contributed by atoms with Gasteiger partial charge in [-0.1, -0.05) is 0 Å². The molecule has 1 aliphatic heterocycles. The van der Waals surface area contributed by atoms with Crippen LogP contribution in [0.25, 0.3) is 16.9 Å². The van der Waals surface area contributed by atoms with E-state index >= 15 is 4.39 Å². The number of hydrogen-bond donors (Lipinski definition) is 1. The van der Waals surface area contributed by atoms with E-state index in [0.717, 1.165) is 15.5 Å². The summed E-state index contributed by atoms with van der Waals surface area (Å²) in [7, 11) is 1.65. The molecule has 1 aromatic carbocycles. The Morgan fingerprint density at radius 1 is 1.27 bits per heavy atom. The van der Waals surface area contributed by atoms with Gasteiger partial charge in [0.25, 0.3) is 0 Å². The second-order valence-electron chi connectivity index (χ2n) is 10.7. The average Bonchev–Trinajstić information content (AvgIpc) is 3.59. The monoisotopic (exact) mass is 576 g/mol. The Morgan fingerprint density at radius 2 is 2.00 bits per heavy atom. The number of aliphatic hydroxyl groups is 1. The van der Waals surface area contributed by atoms with Crippen molar-refractivity contribution >= 4 is 17.7 Å². The highest BCUT2D eigenvalue weighted by atomic mass is 19.4. The summed E-state index contributed by atoms with van der Waals surface area (Å²) in [6.45, 7) is 6.64. The van der Waals surface area contributed by atoms with Crippen molar-refractivity contribution in [1.29, 1.82) is 0 Å². The Labute approximate surface area is 232 Å². The molecule has 10 nitrogen and oxygen atoms in total. The second kappa shape index (κ2) is 10.0. The molecular weight excluding hydrogens is 548 g/mol. The molecule has 4 aromatic rings. The zero-order chi connectivity index (χ0) is 29.9. The third-order valence-electron chi connectivity index (χ3n) is 6.47. The predicted octanol–water partition coefficient (Wildman–Crippen LogP) is 5.05. The van der Waals surface area contributed by atoms with Gasteiger partial charge in [-0.05, 0) is 45.9 Å². The normalized spacial score (nSPS) is 14.2. The second-order valence-corrected chi connectivity index (χ2v) is 10.7. The zero-order valence-electron chi connectivity index (χ0n) is 23.0. The molecule has 0 saturated heterocycles. The van der Waals surface area contributed by atoms with Gasteiger partial charge in [0, 0.05) is 37.0 Å². The maximum Gasteiger partial charge on any atom is 0.420 e. The molecule has 1 aliphatic rings. The number of aliphatic hydroxyl groups excluding tert-OH is 1. The summed E-state index contributed by atoms with van der Waals surface area (Å²) < 4.78 is 69.5. The molecule has 1 N–H and O–H groups in total. The van der Waals surface area contributed by atoms with Gasteiger partial charge in [-0.15, -0.1) is 0 Å². The van der Waals surface area contributed by atoms with Gasteiger partial charge in [-0.25, -0.2) is 24.1 Å². The number of ether oxygens (including phenoxy) is 2. The van der Waals surface area contributed by atoms with E-state index in [2.05, 4.69) is 15.1 Å². The molecule has 218 valence electrons. The molecular formula is C27H28F4N6O4. The lowest BCUT2D eigenvalue weighted by atomic mass is 10.0. The number of benzene rings is 1. The number of alkyl halides is 3. The molecule has 1 atom stereocenters. The van der Waals surface area contributed by atoms with E-state index in [1.807, 2.05) is 0 Å². The Hall–Kier alpha value is -4.20. The number of nitrogens with zero attached hydrogens (tertiary/aromatic N) is 6. The fraction of sp³-hybridized carbons (Fsp3) is 0.407. The summed E-state index contributed by atoms with van der Waals surface area (Å²) in [4.78, 5) is 23.1. The van der Waals surface area contributed by atoms with E-state index in [1.165, 1.54) is 23.0 Å². The first-order chi connectivity index (χ1) is 19.1. The molecule has 5 rings (SSSR count). The molecule has 1 amide bonds. The van der Waals surface area contributed by atoms with E-state index in [1.54, 1.807) is 40.8 Å². The SMILES string of the molecule is Cc1cc(-c2cnc(N(Cc3c(F)ccc4c3CCO4)C(=O)OC(C)(C)C)n3cc(C(O)C(F)(F)F)nc23)n(C)n1. The van der Waals surface area contributed by atoms with Gasteiger partial charge in [0.2, 0.25) is 5.95 Å². The number of aryl methyl sites for hydroxylation is 2. The first-order valence-corrected chi connectivity index (χ1v) is 12.7. The minimum Gasteiger partial charge on any atom is -0.493 e. The quantitative estimate of drug-likeness (QED) is 0.332. The first-order valence-electron chi connectivity index (χ1n) is 12.7. The Bertz CT molecular complexity index is 1640. The van der Waals surface area contributed by atoms with Gasteiger partial charge in [0.1, 0.15) is 17.2 Å². The van der Waals surface area contributed by atoms with Gasteiger partial charge < -0.3 is 14.6 Å². The smallest absolute Gasteiger partial charge is 0.420 e. The van der Waals surface area contributed by atoms with Crippen molar-refractivity contribution in [3.63, 3.8) is 0 Å². The third kappa shape index (κ3) is 5.43. The molecule has 14 heteroatoms. The highest BCUT2D eigenvalue weighted by Crippen LogP contribution is 2.36. The highest BCUT2D eigenvalue weighted by Gasteiger charge is 2.42. The summed E-state index contributed by atoms with van der Waals surface area (Å²) in [6, 6.07) is 4.42. The van der Waals surface area contributed by atoms with E-state index < -0.39 is 35.5 Å². The van der Waals surface area contributed by atoms with Crippen molar-refractivity contribution in [2.45, 2.75) is 58.5 Å². The van der Waals surface area contributed by atoms with Crippen LogP contribution in [0.3, 0.4) is 0 Å². The fourth-order valence-electron chi connectivity index (χ4n) is 4.70. The van der Waals surface area contributed by atoms with E-state index in [-0.39, 0.29) is 23.7 Å². The van der Waals surface area contributed by atoms with Crippen molar-refractivity contribution in [3.8, 4) is 17.0 Å². The molecule has 41 heavy (non-hydrogen) atoms. The average molecular weight is 577 g/mol. The number of halogens is 4. The van der Waals surface area contributed by atoms with Crippen LogP contribution in [0.15, 0.2) is 30.6 Å². The van der Waals surface area contributed by atoms with Crippen molar-refractivity contribution in [3.05, 3.63) is 58.9 Å². The molecule has 0 fully saturated rings. The zero-order valence-corrected chi connectivity index (χ0v) is 23.0. The molecule has 0 saturated carbocycles. The summed E-state index contributed by atoms with van der Waals surface area (Å²) in [6.07, 6.45) is -6.14. The standard InChI is InChI=1S/C27H28F4N6O4/c1-14-10-20(35(5)34-14)16-11-32-24(36-13-19(33-23(16)36)22(38)27(29,30)31)37(25(39)41-26(2,3)4)12-17-15-8-9-40-21(15)7-6-18(17)28/h6-7,10-11,13,22,38H,8-9,12H2,1-5H3. The number of rotatable bonds is 5. The van der Waals surface area contributed by atoms with Crippen molar-refractivity contribution in [2.75, 3.05) is 11.5 Å². The minimum atomic E-state index is -5.01. The summed E-state index contributed by atoms with van der Waals surface area (Å²) in [5.74, 6) is -0.315. The number of fused-ring (bicyclic) bond motifs is 2. The number of aromatic nitrogens is 5. The maximum atomic E-state index is 15.2. The number of hydrogen-bond acceptors (Lipinski definition) is 7. The molecule has 0 radical (unpaired) electrons. The van der Waals surface area contributed by atoms with Crippen LogP contribution < -0.4 is 9.64 Å². The largest absolute Gasteiger partial charge is 0.493 e. The van der Waals surface area contributed by atoms with E-state index in [4.69, 9.17) is 9.47 Å². The van der Waals surface area contributed by atoms with Crippen LogP contribution >= 0.6 is 0 Å². The molecule has 3 aromatic heterocycles. The highest BCUT2D eigenvalue weighted by molar-refractivity contribution is 5.87. The van der Waals surface area contributed by atoms with Crippen LogP contribution in [-0.2, 0) is 24.8 Å². The van der Waals surface area contributed by atoms with E-state index in [9.17, 15) is 23.1 Å². The summed E-state index contributed by atoms with van der Waals surface area (Å²) >= 11 is 0. The van der Waals surface area contributed by atoms with Crippen molar-refractivity contribution in [1.82, 2.24) is 24.1 Å². The van der Waals surface area contributed by atoms with Gasteiger partial charge in [-0.3, -0.25) is 9.08 Å². The number of carbonyl (C=O) groups is 1. The molecule has 0 aliphatic carbocycles. The van der Waals surface area contributed by atoms with Gasteiger partial charge in [0.15, 0.2) is 11.8 Å². The first kappa shape index (κ1) is 28.3. The van der Waals surface area contributed by atoms with Crippen molar-refractivity contribution in [2.24, 2.45) is 7.05 Å². The predicted molar refractivity (Wildman–Crippen MR) is 139 cm³/mol. The van der Waals surface area contributed by atoms with Crippen LogP contribution in [-0.4, -0.2) is 53.7 Å². The van der Waals surface area contributed by atoms with Crippen molar-refractivity contribution < 1.29 is 36.9 Å². The van der Waals surface area contributed by atoms with Crippen LogP contribution in [0, 0.1) is 12.7 Å². The van der Waals surface area contributed by atoms with Crippen LogP contribution in [0.4, 0.5) is 28.3 Å². The lowest BCUT2D eigenvalue weighted by molar-refractivity contribution is -0.207. The van der Waals surface area contributed by atoms with Gasteiger partial charge in [0.05, 0.1) is 35.8 Å². The topological polar surface area (TPSA) is 107 Å². The molecule has 1 unspecified atom stereocenters.